The highest BCUT2D eigenvalue weighted by atomic mass is 35.5. The van der Waals surface area contributed by atoms with Crippen molar-refractivity contribution in [1.82, 2.24) is 10.1 Å². The molecule has 1 aliphatic heterocycles. The summed E-state index contributed by atoms with van der Waals surface area (Å²) >= 11 is 5.70. The molecule has 1 aromatic heterocycles. The fourth-order valence-electron chi connectivity index (χ4n) is 2.95. The molecule has 1 unspecified atom stereocenters. The second kappa shape index (κ2) is 8.20. The summed E-state index contributed by atoms with van der Waals surface area (Å²) < 4.78 is 10.8. The van der Waals surface area contributed by atoms with Crippen molar-refractivity contribution in [2.24, 2.45) is 5.92 Å². The molecule has 0 bridgehead atoms. The summed E-state index contributed by atoms with van der Waals surface area (Å²) in [6.45, 7) is 2.33. The monoisotopic (exact) mass is 348 g/mol. The number of carbonyl (C=O) groups excluding carboxylic acids is 1. The molecule has 1 fully saturated rings. The van der Waals surface area contributed by atoms with E-state index in [0.29, 0.717) is 36.3 Å². The van der Waals surface area contributed by atoms with Crippen LogP contribution in [0.3, 0.4) is 0 Å². The molecule has 0 N–H and O–H groups in total. The number of aryl methyl sites for hydroxylation is 1. The van der Waals surface area contributed by atoms with Gasteiger partial charge in [0.1, 0.15) is 11.5 Å². The van der Waals surface area contributed by atoms with Crippen LogP contribution in [0, 0.1) is 5.92 Å². The van der Waals surface area contributed by atoms with Gasteiger partial charge in [-0.15, -0.1) is 0 Å². The summed E-state index contributed by atoms with van der Waals surface area (Å²) in [4.78, 5) is 14.2. The third-order valence-electron chi connectivity index (χ3n) is 4.29. The van der Waals surface area contributed by atoms with Gasteiger partial charge in [-0.25, -0.2) is 0 Å². The number of nitrogens with zero attached hydrogens (tertiary/aromatic N) is 2. The van der Waals surface area contributed by atoms with E-state index in [0.717, 1.165) is 31.7 Å². The van der Waals surface area contributed by atoms with E-state index in [1.54, 1.807) is 6.07 Å². The Kier molecular flexibility index (Phi) is 5.75. The topological polar surface area (TPSA) is 55.6 Å². The number of likely N-dealkylation sites (tertiary alicyclic amines) is 1. The zero-order valence-electron chi connectivity index (χ0n) is 13.5. The summed E-state index contributed by atoms with van der Waals surface area (Å²) in [5.41, 5.74) is 0. The van der Waals surface area contributed by atoms with Crippen LogP contribution in [-0.4, -0.2) is 35.7 Å². The van der Waals surface area contributed by atoms with Gasteiger partial charge >= 0.3 is 0 Å². The number of hydrogen-bond donors (Lipinski definition) is 0. The van der Waals surface area contributed by atoms with Crippen LogP contribution in [0.2, 0.25) is 5.15 Å². The number of benzene rings is 1. The third-order valence-corrected chi connectivity index (χ3v) is 4.47. The molecule has 5 nitrogen and oxygen atoms in total. The summed E-state index contributed by atoms with van der Waals surface area (Å²) in [5.74, 6) is 2.22. The first-order chi connectivity index (χ1) is 11.7. The number of amides is 1. The molecule has 2 heterocycles. The molecular formula is C18H21ClN2O3. The molecule has 2 aromatic rings. The maximum absolute atomic E-state index is 12.3. The van der Waals surface area contributed by atoms with Crippen LogP contribution in [0.15, 0.2) is 40.9 Å². The SMILES string of the molecule is O=C(CCc1cc(Cl)no1)N1CCC(CCOc2ccccc2)C1. The van der Waals surface area contributed by atoms with Gasteiger partial charge in [0.15, 0.2) is 5.15 Å². The Labute approximate surface area is 146 Å². The van der Waals surface area contributed by atoms with E-state index >= 15 is 0 Å². The predicted octanol–water partition coefficient (Wildman–Crippen LogP) is 3.58. The van der Waals surface area contributed by atoms with Crippen LogP contribution in [-0.2, 0) is 11.2 Å². The van der Waals surface area contributed by atoms with Gasteiger partial charge < -0.3 is 14.2 Å². The van der Waals surface area contributed by atoms with Crippen molar-refractivity contribution in [1.29, 1.82) is 0 Å². The van der Waals surface area contributed by atoms with E-state index in [9.17, 15) is 4.79 Å². The second-order valence-corrected chi connectivity index (χ2v) is 6.45. The number of carbonyl (C=O) groups is 1. The highest BCUT2D eigenvalue weighted by molar-refractivity contribution is 6.29. The molecule has 1 atom stereocenters. The lowest BCUT2D eigenvalue weighted by Crippen LogP contribution is -2.29. The first-order valence-corrected chi connectivity index (χ1v) is 8.65. The van der Waals surface area contributed by atoms with Gasteiger partial charge in [-0.1, -0.05) is 35.0 Å². The smallest absolute Gasteiger partial charge is 0.223 e. The number of ether oxygens (including phenoxy) is 1. The number of halogens is 1. The van der Waals surface area contributed by atoms with Gasteiger partial charge in [0.2, 0.25) is 5.91 Å². The molecule has 0 aliphatic carbocycles. The summed E-state index contributed by atoms with van der Waals surface area (Å²) in [6.07, 6.45) is 2.98. The number of hydrogen-bond acceptors (Lipinski definition) is 4. The molecule has 1 aliphatic rings. The average molecular weight is 349 g/mol. The maximum atomic E-state index is 12.3. The molecule has 128 valence electrons. The first-order valence-electron chi connectivity index (χ1n) is 8.27. The zero-order valence-corrected chi connectivity index (χ0v) is 14.2. The Morgan fingerprint density at radius 2 is 2.21 bits per heavy atom. The van der Waals surface area contributed by atoms with Crippen molar-refractivity contribution in [2.75, 3.05) is 19.7 Å². The Hall–Kier alpha value is -2.01. The highest BCUT2D eigenvalue weighted by Crippen LogP contribution is 2.21. The molecule has 3 rings (SSSR count). The molecule has 6 heteroatoms. The van der Waals surface area contributed by atoms with Crippen LogP contribution >= 0.6 is 11.6 Å². The van der Waals surface area contributed by atoms with E-state index in [1.807, 2.05) is 35.2 Å². The van der Waals surface area contributed by atoms with Crippen molar-refractivity contribution in [3.05, 3.63) is 47.3 Å². The quantitative estimate of drug-likeness (QED) is 0.767. The highest BCUT2D eigenvalue weighted by Gasteiger charge is 2.26. The van der Waals surface area contributed by atoms with E-state index in [-0.39, 0.29) is 5.91 Å². The standard InChI is InChI=1S/C18H21ClN2O3/c19-17-12-16(24-20-17)6-7-18(22)21-10-8-14(13-21)9-11-23-15-4-2-1-3-5-15/h1-5,12,14H,6-11,13H2. The Morgan fingerprint density at radius 3 is 2.96 bits per heavy atom. The Balaban J connectivity index is 1.36. The van der Waals surface area contributed by atoms with E-state index in [1.165, 1.54) is 0 Å². The number of aromatic nitrogens is 1. The minimum Gasteiger partial charge on any atom is -0.494 e. The fraction of sp³-hybridized carbons (Fsp3) is 0.444. The van der Waals surface area contributed by atoms with Gasteiger partial charge in [-0.2, -0.15) is 0 Å². The number of rotatable bonds is 7. The van der Waals surface area contributed by atoms with Crippen LogP contribution in [0.5, 0.6) is 5.75 Å². The minimum atomic E-state index is 0.161. The third kappa shape index (κ3) is 4.74. The average Bonchev–Trinajstić information content (AvgIpc) is 3.23. The molecule has 24 heavy (non-hydrogen) atoms. The summed E-state index contributed by atoms with van der Waals surface area (Å²) in [7, 11) is 0. The van der Waals surface area contributed by atoms with Gasteiger partial charge in [-0.05, 0) is 30.9 Å². The van der Waals surface area contributed by atoms with Crippen LogP contribution in [0.25, 0.3) is 0 Å². The Bertz CT molecular complexity index is 659. The van der Waals surface area contributed by atoms with E-state index in [2.05, 4.69) is 5.16 Å². The molecule has 1 amide bonds. The van der Waals surface area contributed by atoms with Crippen molar-refractivity contribution < 1.29 is 14.1 Å². The van der Waals surface area contributed by atoms with Crippen molar-refractivity contribution in [3.8, 4) is 5.75 Å². The Morgan fingerprint density at radius 1 is 1.38 bits per heavy atom. The van der Waals surface area contributed by atoms with Crippen LogP contribution in [0.4, 0.5) is 0 Å². The molecule has 1 saturated heterocycles. The van der Waals surface area contributed by atoms with Crippen LogP contribution in [0.1, 0.15) is 25.0 Å². The van der Waals surface area contributed by atoms with Crippen molar-refractivity contribution >= 4 is 17.5 Å². The normalized spacial score (nSPS) is 17.2. The molecule has 1 aromatic carbocycles. The van der Waals surface area contributed by atoms with Crippen molar-refractivity contribution in [2.45, 2.75) is 25.7 Å². The fourth-order valence-corrected chi connectivity index (χ4v) is 3.11. The van der Waals surface area contributed by atoms with Gasteiger partial charge in [0, 0.05) is 32.0 Å². The molecular weight excluding hydrogens is 328 g/mol. The minimum absolute atomic E-state index is 0.161. The maximum Gasteiger partial charge on any atom is 0.223 e. The lowest BCUT2D eigenvalue weighted by Gasteiger charge is -2.16. The van der Waals surface area contributed by atoms with Gasteiger partial charge in [0.25, 0.3) is 0 Å². The van der Waals surface area contributed by atoms with Gasteiger partial charge in [-0.3, -0.25) is 4.79 Å². The predicted molar refractivity (Wildman–Crippen MR) is 91.1 cm³/mol. The molecule has 0 spiro atoms. The van der Waals surface area contributed by atoms with Crippen LogP contribution < -0.4 is 4.74 Å². The second-order valence-electron chi connectivity index (χ2n) is 6.06. The molecule has 0 saturated carbocycles. The lowest BCUT2D eigenvalue weighted by molar-refractivity contribution is -0.130. The number of para-hydroxylation sites is 1. The lowest BCUT2D eigenvalue weighted by atomic mass is 10.1. The zero-order chi connectivity index (χ0) is 16.8. The van der Waals surface area contributed by atoms with E-state index in [4.69, 9.17) is 20.9 Å². The van der Waals surface area contributed by atoms with E-state index < -0.39 is 0 Å². The summed E-state index contributed by atoms with van der Waals surface area (Å²) in [5, 5.41) is 3.95. The summed E-state index contributed by atoms with van der Waals surface area (Å²) in [6, 6.07) is 11.5. The van der Waals surface area contributed by atoms with Gasteiger partial charge in [0.05, 0.1) is 6.61 Å². The first kappa shape index (κ1) is 16.8. The molecule has 0 radical (unpaired) electrons. The largest absolute Gasteiger partial charge is 0.494 e. The van der Waals surface area contributed by atoms with Crippen molar-refractivity contribution in [3.63, 3.8) is 0 Å².